The second kappa shape index (κ2) is 8.67. The van der Waals surface area contributed by atoms with Gasteiger partial charge in [0.2, 0.25) is 12.7 Å². The van der Waals surface area contributed by atoms with E-state index < -0.39 is 6.10 Å². The molecule has 0 aliphatic rings. The average molecular weight is 374 g/mol. The van der Waals surface area contributed by atoms with Crippen molar-refractivity contribution in [2.75, 3.05) is 0 Å². The minimum atomic E-state index is -0.449. The molecule has 0 aliphatic heterocycles. The minimum absolute atomic E-state index is 0.449. The second-order valence-electron chi connectivity index (χ2n) is 7.19. The van der Waals surface area contributed by atoms with E-state index >= 15 is 0 Å². The normalized spacial score (nSPS) is 11.2. The number of hydrogen-bond donors (Lipinski definition) is 1. The molecule has 4 rings (SSSR count). The lowest BCUT2D eigenvalue weighted by Gasteiger charge is -2.05. The van der Waals surface area contributed by atoms with Crippen molar-refractivity contribution in [3.05, 3.63) is 109 Å². The number of rotatable bonds is 8. The van der Waals surface area contributed by atoms with Crippen molar-refractivity contribution in [2.24, 2.45) is 0 Å². The molecule has 5 nitrogen and oxygen atoms in total. The summed E-state index contributed by atoms with van der Waals surface area (Å²) in [5.41, 5.74) is 2.53. The fourth-order valence-electron chi connectivity index (χ4n) is 3.41. The van der Waals surface area contributed by atoms with Crippen molar-refractivity contribution in [1.29, 1.82) is 0 Å². The zero-order chi connectivity index (χ0) is 19.2. The summed E-state index contributed by atoms with van der Waals surface area (Å²) in [6, 6.07) is 20.8. The molecule has 0 fully saturated rings. The Labute approximate surface area is 165 Å². The minimum Gasteiger partial charge on any atom is -0.385 e. The van der Waals surface area contributed by atoms with Crippen LogP contribution in [-0.2, 0) is 26.2 Å². The Morgan fingerprint density at radius 1 is 0.679 bits per heavy atom. The van der Waals surface area contributed by atoms with Crippen LogP contribution in [0.2, 0.25) is 0 Å². The van der Waals surface area contributed by atoms with E-state index in [-0.39, 0.29) is 0 Å². The molecule has 142 valence electrons. The third-order valence-electron chi connectivity index (χ3n) is 4.75. The first-order valence-electron chi connectivity index (χ1n) is 9.60. The Kier molecular flexibility index (Phi) is 5.64. The highest BCUT2D eigenvalue weighted by Gasteiger charge is 2.15. The van der Waals surface area contributed by atoms with Crippen LogP contribution in [-0.4, -0.2) is 20.3 Å². The maximum Gasteiger partial charge on any atom is 0.244 e. The van der Waals surface area contributed by atoms with Crippen molar-refractivity contribution < 1.29 is 14.2 Å². The van der Waals surface area contributed by atoms with Gasteiger partial charge < -0.3 is 5.11 Å². The first kappa shape index (κ1) is 18.2. The molecule has 0 saturated carbocycles. The van der Waals surface area contributed by atoms with Crippen LogP contribution in [0.1, 0.15) is 11.1 Å². The number of nitrogens with zero attached hydrogens (tertiary/aromatic N) is 4. The molecule has 0 amide bonds. The van der Waals surface area contributed by atoms with Crippen molar-refractivity contribution in [1.82, 2.24) is 9.13 Å². The topological polar surface area (TPSA) is 37.9 Å². The molecule has 0 aliphatic carbocycles. The van der Waals surface area contributed by atoms with Crippen LogP contribution in [0, 0.1) is 0 Å². The Morgan fingerprint density at radius 3 is 1.54 bits per heavy atom. The number of aliphatic hydroxyl groups excluding tert-OH is 1. The van der Waals surface area contributed by atoms with Crippen LogP contribution < -0.4 is 9.13 Å². The molecule has 2 aromatic heterocycles. The second-order valence-corrected chi connectivity index (χ2v) is 7.19. The molecule has 5 heteroatoms. The molecule has 2 aromatic carbocycles. The van der Waals surface area contributed by atoms with Crippen molar-refractivity contribution in [2.45, 2.75) is 32.3 Å². The molecule has 0 unspecified atom stereocenters. The van der Waals surface area contributed by atoms with Gasteiger partial charge in [-0.15, -0.1) is 0 Å². The summed E-state index contributed by atoms with van der Waals surface area (Å²) in [5.74, 6) is 0. The highest BCUT2D eigenvalue weighted by atomic mass is 16.3. The van der Waals surface area contributed by atoms with Gasteiger partial charge in [0.1, 0.15) is 57.1 Å². The molecule has 0 atom stereocenters. The van der Waals surface area contributed by atoms with Gasteiger partial charge in [-0.25, -0.2) is 18.3 Å². The number of aromatic nitrogens is 4. The molecular formula is C23H26N4O+2. The highest BCUT2D eigenvalue weighted by molar-refractivity contribution is 5.13. The smallest absolute Gasteiger partial charge is 0.244 e. The van der Waals surface area contributed by atoms with Crippen molar-refractivity contribution in [3.63, 3.8) is 0 Å². The third kappa shape index (κ3) is 4.96. The molecule has 4 aromatic rings. The maximum atomic E-state index is 10.5. The van der Waals surface area contributed by atoms with Gasteiger partial charge in [0.25, 0.3) is 0 Å². The third-order valence-corrected chi connectivity index (χ3v) is 4.75. The van der Waals surface area contributed by atoms with Crippen LogP contribution in [0.4, 0.5) is 0 Å². The van der Waals surface area contributed by atoms with Gasteiger partial charge in [-0.3, -0.25) is 0 Å². The van der Waals surface area contributed by atoms with E-state index in [0.29, 0.717) is 13.1 Å². The summed E-state index contributed by atoms with van der Waals surface area (Å²) >= 11 is 0. The molecule has 0 spiro atoms. The quantitative estimate of drug-likeness (QED) is 0.471. The molecule has 0 radical (unpaired) electrons. The first-order valence-corrected chi connectivity index (χ1v) is 9.60. The van der Waals surface area contributed by atoms with Gasteiger partial charge in [0, 0.05) is 0 Å². The first-order chi connectivity index (χ1) is 13.7. The van der Waals surface area contributed by atoms with Gasteiger partial charge >= 0.3 is 0 Å². The Hall–Kier alpha value is -3.18. The van der Waals surface area contributed by atoms with Gasteiger partial charge in [0.15, 0.2) is 0 Å². The molecule has 1 N–H and O–H groups in total. The van der Waals surface area contributed by atoms with Crippen LogP contribution in [0.15, 0.2) is 98.1 Å². The van der Waals surface area contributed by atoms with Crippen LogP contribution >= 0.6 is 0 Å². The summed E-state index contributed by atoms with van der Waals surface area (Å²) in [6.07, 6.45) is 11.7. The largest absolute Gasteiger partial charge is 0.385 e. The molecule has 2 heterocycles. The Morgan fingerprint density at radius 2 is 1.11 bits per heavy atom. The summed E-state index contributed by atoms with van der Waals surface area (Å²) in [7, 11) is 0. The van der Waals surface area contributed by atoms with E-state index in [1.165, 1.54) is 11.1 Å². The zero-order valence-electron chi connectivity index (χ0n) is 15.9. The summed E-state index contributed by atoms with van der Waals surface area (Å²) < 4.78 is 8.33. The van der Waals surface area contributed by atoms with Crippen molar-refractivity contribution in [3.8, 4) is 0 Å². The van der Waals surface area contributed by atoms with E-state index in [0.717, 1.165) is 13.1 Å². The maximum absolute atomic E-state index is 10.5. The molecular weight excluding hydrogens is 348 g/mol. The average Bonchev–Trinajstić information content (AvgIpc) is 3.33. The number of aliphatic hydroxyl groups is 1. The van der Waals surface area contributed by atoms with Crippen LogP contribution in [0.25, 0.3) is 0 Å². The van der Waals surface area contributed by atoms with Gasteiger partial charge in [0.05, 0.1) is 0 Å². The van der Waals surface area contributed by atoms with Crippen molar-refractivity contribution >= 4 is 0 Å². The van der Waals surface area contributed by atoms with E-state index in [1.54, 1.807) is 0 Å². The fraction of sp³-hybridized carbons (Fsp3) is 0.217. The zero-order valence-corrected chi connectivity index (χ0v) is 15.9. The van der Waals surface area contributed by atoms with Crippen LogP contribution in [0.3, 0.4) is 0 Å². The van der Waals surface area contributed by atoms with E-state index in [2.05, 4.69) is 57.7 Å². The Bertz CT molecular complexity index is 910. The lowest BCUT2D eigenvalue weighted by Crippen LogP contribution is -2.33. The van der Waals surface area contributed by atoms with E-state index in [4.69, 9.17) is 0 Å². The number of imidazole rings is 2. The lowest BCUT2D eigenvalue weighted by atomic mass is 10.2. The summed E-state index contributed by atoms with van der Waals surface area (Å²) in [4.78, 5) is 0. The number of benzene rings is 2. The SMILES string of the molecule is OC(Cn1cc[n+](Cc2ccccc2)c1)Cn1cc[n+](Cc2ccccc2)c1. The van der Waals surface area contributed by atoms with Gasteiger partial charge in [-0.2, -0.15) is 0 Å². The van der Waals surface area contributed by atoms with E-state index in [1.807, 2.05) is 58.7 Å². The standard InChI is InChI=1S/C23H26N4O/c28-23(17-26-13-11-24(19-26)15-21-7-3-1-4-8-21)18-27-14-12-25(20-27)16-22-9-5-2-6-10-22/h1-14,19-20,23,28H,15-18H2/q+2. The monoisotopic (exact) mass is 374 g/mol. The predicted octanol–water partition coefficient (Wildman–Crippen LogP) is 2.02. The molecule has 0 saturated heterocycles. The molecule has 28 heavy (non-hydrogen) atoms. The Balaban J connectivity index is 1.30. The highest BCUT2D eigenvalue weighted by Crippen LogP contribution is 2.01. The van der Waals surface area contributed by atoms with Gasteiger partial charge in [-0.05, 0) is 11.1 Å². The fourth-order valence-corrected chi connectivity index (χ4v) is 3.41. The summed E-state index contributed by atoms with van der Waals surface area (Å²) in [6.45, 7) is 2.80. The van der Waals surface area contributed by atoms with E-state index in [9.17, 15) is 5.11 Å². The van der Waals surface area contributed by atoms with Gasteiger partial charge in [-0.1, -0.05) is 60.7 Å². The van der Waals surface area contributed by atoms with Crippen LogP contribution in [0.5, 0.6) is 0 Å². The predicted molar refractivity (Wildman–Crippen MR) is 106 cm³/mol. The number of hydrogen-bond acceptors (Lipinski definition) is 1. The molecule has 0 bridgehead atoms. The summed E-state index contributed by atoms with van der Waals surface area (Å²) in [5, 5.41) is 10.5. The lowest BCUT2D eigenvalue weighted by molar-refractivity contribution is -0.687.